The summed E-state index contributed by atoms with van der Waals surface area (Å²) in [5.74, 6) is 0. The maximum absolute atomic E-state index is 2.68. The van der Waals surface area contributed by atoms with E-state index in [1.54, 1.807) is 0 Å². The van der Waals surface area contributed by atoms with Gasteiger partial charge in [0.25, 0.3) is 0 Å². The Bertz CT molecular complexity index is 4150. The van der Waals surface area contributed by atoms with E-state index >= 15 is 0 Å². The van der Waals surface area contributed by atoms with Crippen molar-refractivity contribution in [2.24, 2.45) is 0 Å². The zero-order valence-electron chi connectivity index (χ0n) is 42.8. The molecule has 1 atom stereocenters. The molecule has 0 spiro atoms. The molecular formula is C75H53NSi. The van der Waals surface area contributed by atoms with E-state index in [9.17, 15) is 0 Å². The molecule has 77 heavy (non-hydrogen) atoms. The van der Waals surface area contributed by atoms with E-state index in [4.69, 9.17) is 0 Å². The highest BCUT2D eigenvalue weighted by molar-refractivity contribution is 7.22. The number of anilines is 3. The van der Waals surface area contributed by atoms with E-state index in [1.807, 2.05) is 0 Å². The molecule has 1 aliphatic heterocycles. The first-order chi connectivity index (χ1) is 38.1. The van der Waals surface area contributed by atoms with Crippen molar-refractivity contribution < 1.29 is 0 Å². The minimum Gasteiger partial charge on any atom is -0.310 e. The Kier molecular flexibility index (Phi) is 10.3. The molecule has 0 fully saturated rings. The highest BCUT2D eigenvalue weighted by Crippen LogP contribution is 2.58. The SMILES string of the molecule is CC1(c2ccccc2)c2ccccc2-c2ccc(N(c3ccc(-c4cccc([Si]5(c6ccccc6)c6ccccc6-c6ccccc65)c4)cc3)c3cccc(C4(c5ccccc5)c5ccccc5-c5ccccc54)c3)cc21. The fraction of sp³-hybridized carbons (Fsp3) is 0.0400. The van der Waals surface area contributed by atoms with Crippen LogP contribution in [0, 0.1) is 0 Å². The van der Waals surface area contributed by atoms with Crippen LogP contribution in [0.3, 0.4) is 0 Å². The third kappa shape index (κ3) is 6.52. The van der Waals surface area contributed by atoms with Crippen LogP contribution >= 0.6 is 0 Å². The molecule has 0 saturated carbocycles. The predicted octanol–water partition coefficient (Wildman–Crippen LogP) is 15.9. The highest BCUT2D eigenvalue weighted by atomic mass is 28.3. The van der Waals surface area contributed by atoms with Gasteiger partial charge in [-0.25, -0.2) is 0 Å². The summed E-state index contributed by atoms with van der Waals surface area (Å²) in [6, 6.07) is 114. The summed E-state index contributed by atoms with van der Waals surface area (Å²) in [4.78, 5) is 2.49. The predicted molar refractivity (Wildman–Crippen MR) is 324 cm³/mol. The van der Waals surface area contributed by atoms with Crippen molar-refractivity contribution in [3.05, 3.63) is 342 Å². The first-order valence-corrected chi connectivity index (χ1v) is 29.0. The fourth-order valence-corrected chi connectivity index (χ4v) is 19.4. The van der Waals surface area contributed by atoms with Crippen molar-refractivity contribution in [1.82, 2.24) is 0 Å². The Morgan fingerprint density at radius 2 is 0.727 bits per heavy atom. The van der Waals surface area contributed by atoms with Crippen LogP contribution in [0.2, 0.25) is 0 Å². The quantitative estimate of drug-likeness (QED) is 0.130. The largest absolute Gasteiger partial charge is 0.310 e. The van der Waals surface area contributed by atoms with Gasteiger partial charge in [-0.05, 0) is 148 Å². The smallest absolute Gasteiger partial charge is 0.180 e. The fourth-order valence-electron chi connectivity index (χ4n) is 14.2. The van der Waals surface area contributed by atoms with Gasteiger partial charge in [0.2, 0.25) is 0 Å². The van der Waals surface area contributed by atoms with Crippen molar-refractivity contribution in [1.29, 1.82) is 0 Å². The summed E-state index contributed by atoms with van der Waals surface area (Å²) >= 11 is 0. The number of nitrogens with zero attached hydrogens (tertiary/aromatic N) is 1. The third-order valence-electron chi connectivity index (χ3n) is 17.5. The van der Waals surface area contributed by atoms with Crippen molar-refractivity contribution in [3.63, 3.8) is 0 Å². The van der Waals surface area contributed by atoms with Crippen LogP contribution in [0.25, 0.3) is 44.5 Å². The first kappa shape index (κ1) is 45.1. The second-order valence-electron chi connectivity index (χ2n) is 21.2. The third-order valence-corrected chi connectivity index (χ3v) is 22.4. The average Bonchev–Trinajstić information content (AvgIpc) is 4.24. The monoisotopic (exact) mass is 995 g/mol. The lowest BCUT2D eigenvalue weighted by molar-refractivity contribution is 0.714. The van der Waals surface area contributed by atoms with E-state index in [2.05, 4.69) is 315 Å². The van der Waals surface area contributed by atoms with Crippen LogP contribution in [0.5, 0.6) is 0 Å². The molecular weight excluding hydrogens is 943 g/mol. The zero-order valence-corrected chi connectivity index (χ0v) is 43.8. The van der Waals surface area contributed by atoms with Crippen LogP contribution in [0.1, 0.15) is 45.9 Å². The lowest BCUT2D eigenvalue weighted by Gasteiger charge is -2.35. The molecule has 0 amide bonds. The minimum absolute atomic E-state index is 0.360. The Labute approximate surface area is 452 Å². The van der Waals surface area contributed by atoms with Gasteiger partial charge in [-0.2, -0.15) is 0 Å². The van der Waals surface area contributed by atoms with Gasteiger partial charge in [0.1, 0.15) is 0 Å². The standard InChI is InChI=1S/C75H53NSi/c1-74(54-24-5-2-6-25-54)68-38-16-11-33-62(68)65-48-47-59(51-71(65)74)76(58-29-22-28-56(50-58)75(55-26-7-3-8-27-55)69-39-17-12-34-63(69)64-35-13-18-40-70(64)75)57-45-43-52(44-46-57)53-23-21-32-61(49-53)77(60-30-9-4-10-31-60)72-41-19-14-36-66(72)67-37-15-20-42-73(67)77/h2-51H,1H3. The highest BCUT2D eigenvalue weighted by Gasteiger charge is 2.49. The molecule has 0 bridgehead atoms. The molecule has 1 unspecified atom stereocenters. The Balaban J connectivity index is 0.916. The number of hydrogen-bond acceptors (Lipinski definition) is 1. The molecule has 3 aliphatic rings. The summed E-state index contributed by atoms with van der Waals surface area (Å²) in [5, 5.41) is 5.71. The molecule has 0 aromatic heterocycles. The van der Waals surface area contributed by atoms with Gasteiger partial charge in [0, 0.05) is 22.5 Å². The number of hydrogen-bond donors (Lipinski definition) is 0. The first-order valence-electron chi connectivity index (χ1n) is 27.0. The zero-order chi connectivity index (χ0) is 51.1. The van der Waals surface area contributed by atoms with E-state index < -0.39 is 13.5 Å². The molecule has 12 aromatic rings. The number of benzene rings is 12. The normalized spacial score (nSPS) is 15.6. The van der Waals surface area contributed by atoms with Crippen molar-refractivity contribution in [2.45, 2.75) is 17.8 Å². The summed E-state index contributed by atoms with van der Waals surface area (Å²) in [5.41, 5.74) is 21.7. The van der Waals surface area contributed by atoms with E-state index in [1.165, 1.54) is 104 Å². The Hall–Kier alpha value is -9.34. The van der Waals surface area contributed by atoms with Crippen LogP contribution in [-0.2, 0) is 10.8 Å². The molecule has 0 N–H and O–H groups in total. The van der Waals surface area contributed by atoms with Gasteiger partial charge in [0.15, 0.2) is 8.07 Å². The number of rotatable bonds is 9. The van der Waals surface area contributed by atoms with E-state index in [-0.39, 0.29) is 5.41 Å². The van der Waals surface area contributed by atoms with Crippen molar-refractivity contribution in [3.8, 4) is 44.5 Å². The summed E-state index contributed by atoms with van der Waals surface area (Å²) < 4.78 is 0. The Morgan fingerprint density at radius 3 is 1.36 bits per heavy atom. The molecule has 2 aliphatic carbocycles. The number of fused-ring (bicyclic) bond motifs is 9. The van der Waals surface area contributed by atoms with Crippen LogP contribution < -0.4 is 25.6 Å². The van der Waals surface area contributed by atoms with Gasteiger partial charge >= 0.3 is 0 Å². The lowest BCUT2D eigenvalue weighted by atomic mass is 9.67. The second-order valence-corrected chi connectivity index (χ2v) is 24.9. The molecule has 1 heterocycles. The van der Waals surface area contributed by atoms with Gasteiger partial charge in [0.05, 0.1) is 5.41 Å². The van der Waals surface area contributed by atoms with Gasteiger partial charge in [-0.15, -0.1) is 0 Å². The van der Waals surface area contributed by atoms with Gasteiger partial charge < -0.3 is 4.90 Å². The molecule has 1 nitrogen and oxygen atoms in total. The Morgan fingerprint density at radius 1 is 0.273 bits per heavy atom. The average molecular weight is 996 g/mol. The van der Waals surface area contributed by atoms with Crippen molar-refractivity contribution >= 4 is 45.9 Å². The molecule has 362 valence electrons. The van der Waals surface area contributed by atoms with Gasteiger partial charge in [-0.1, -0.05) is 267 Å². The van der Waals surface area contributed by atoms with E-state index in [0.717, 1.165) is 17.1 Å². The van der Waals surface area contributed by atoms with Crippen LogP contribution in [0.4, 0.5) is 17.1 Å². The van der Waals surface area contributed by atoms with Crippen LogP contribution in [-0.4, -0.2) is 8.07 Å². The topological polar surface area (TPSA) is 3.24 Å². The van der Waals surface area contributed by atoms with Gasteiger partial charge in [-0.3, -0.25) is 0 Å². The minimum atomic E-state index is -2.68. The summed E-state index contributed by atoms with van der Waals surface area (Å²) in [6.45, 7) is 2.41. The maximum Gasteiger partial charge on any atom is 0.180 e. The maximum atomic E-state index is 2.50. The molecule has 15 rings (SSSR count). The molecule has 2 heteroatoms. The van der Waals surface area contributed by atoms with E-state index in [0.29, 0.717) is 0 Å². The molecule has 0 saturated heterocycles. The summed E-state index contributed by atoms with van der Waals surface area (Å²) in [6.07, 6.45) is 0. The van der Waals surface area contributed by atoms with Crippen molar-refractivity contribution in [2.75, 3.05) is 4.90 Å². The molecule has 12 aromatic carbocycles. The van der Waals surface area contributed by atoms with Crippen LogP contribution in [0.15, 0.2) is 303 Å². The second kappa shape index (κ2) is 17.6. The lowest BCUT2D eigenvalue weighted by Crippen LogP contribution is -2.72. The molecule has 0 radical (unpaired) electrons. The summed E-state index contributed by atoms with van der Waals surface area (Å²) in [7, 11) is -2.68.